The Morgan fingerprint density at radius 1 is 0.833 bits per heavy atom. The molecule has 18 heavy (non-hydrogen) atoms. The zero-order valence-electron chi connectivity index (χ0n) is 13.4. The van der Waals surface area contributed by atoms with Crippen molar-refractivity contribution >= 4 is 25.9 Å². The molecule has 0 aliphatic carbocycles. The molecule has 0 aromatic rings. The molecule has 0 aromatic carbocycles. The molecule has 0 fully saturated rings. The van der Waals surface area contributed by atoms with Gasteiger partial charge in [-0.2, -0.15) is 0 Å². The zero-order valence-corrected chi connectivity index (χ0v) is 16.5. The first-order valence-corrected chi connectivity index (χ1v) is 15.5. The third-order valence-electron chi connectivity index (χ3n) is 1.61. The highest BCUT2D eigenvalue weighted by Gasteiger charge is 2.24. The fourth-order valence-electron chi connectivity index (χ4n) is 1.26. The topological polar surface area (TPSA) is 18.5 Å². The fourth-order valence-corrected chi connectivity index (χ4v) is 9.85. The molecule has 0 bridgehead atoms. The smallest absolute Gasteiger partial charge is 0.297 e. The molecule has 0 aliphatic heterocycles. The third kappa shape index (κ3) is 21.3. The van der Waals surface area contributed by atoms with Crippen LogP contribution in [0.3, 0.4) is 0 Å². The highest BCUT2D eigenvalue weighted by molar-refractivity contribution is 6.80. The minimum Gasteiger partial charge on any atom is -0.439 e. The first-order valence-electron chi connectivity index (χ1n) is 6.59. The number of allylic oxidation sites excluding steroid dienone is 2. The molecule has 0 rings (SSSR count). The molecule has 0 spiro atoms. The Balaban J connectivity index is 0. The summed E-state index contributed by atoms with van der Waals surface area (Å²) in [7, 11) is -4.05. The predicted octanol–water partition coefficient (Wildman–Crippen LogP) is 4.68. The molecule has 108 valence electrons. The van der Waals surface area contributed by atoms with Crippen LogP contribution < -0.4 is 0 Å². The van der Waals surface area contributed by atoms with Gasteiger partial charge in [-0.05, 0) is 58.7 Å². The van der Waals surface area contributed by atoms with Gasteiger partial charge in [0.25, 0.3) is 9.28 Å². The molecule has 0 unspecified atom stereocenters. The van der Waals surface area contributed by atoms with Gasteiger partial charge in [0.05, 0.1) is 0 Å². The Hall–Kier alpha value is 0.0506. The molecule has 2 nitrogen and oxygen atoms in total. The van der Waals surface area contributed by atoms with E-state index >= 15 is 0 Å². The SMILES string of the molecule is C=CCCC=C.C[SiH](O[Si](C)(C)C)O[Si](C)(C)C. The molecule has 0 saturated carbocycles. The average Bonchev–Trinajstić information content (AvgIpc) is 2.09. The van der Waals surface area contributed by atoms with Crippen molar-refractivity contribution in [3.63, 3.8) is 0 Å². The van der Waals surface area contributed by atoms with Crippen molar-refractivity contribution in [2.24, 2.45) is 0 Å². The molecule has 0 heterocycles. The van der Waals surface area contributed by atoms with Crippen LogP contribution in [0.1, 0.15) is 12.8 Å². The maximum atomic E-state index is 5.90. The van der Waals surface area contributed by atoms with Crippen LogP contribution in [0, 0.1) is 0 Å². The van der Waals surface area contributed by atoms with Crippen LogP contribution >= 0.6 is 0 Å². The minimum absolute atomic E-state index is 1.06. The van der Waals surface area contributed by atoms with Gasteiger partial charge in [0, 0.05) is 0 Å². The summed E-state index contributed by atoms with van der Waals surface area (Å²) in [5.74, 6) is 0. The Morgan fingerprint density at radius 2 is 1.11 bits per heavy atom. The van der Waals surface area contributed by atoms with Crippen LogP contribution in [0.2, 0.25) is 45.8 Å². The van der Waals surface area contributed by atoms with Crippen LogP contribution in [0.4, 0.5) is 0 Å². The lowest BCUT2D eigenvalue weighted by Crippen LogP contribution is -2.41. The van der Waals surface area contributed by atoms with Gasteiger partial charge in [-0.25, -0.2) is 0 Å². The number of hydrogen-bond donors (Lipinski definition) is 0. The van der Waals surface area contributed by atoms with E-state index in [0.29, 0.717) is 0 Å². The summed E-state index contributed by atoms with van der Waals surface area (Å²) >= 11 is 0. The van der Waals surface area contributed by atoms with Crippen molar-refractivity contribution in [3.05, 3.63) is 25.3 Å². The lowest BCUT2D eigenvalue weighted by atomic mass is 10.3. The second kappa shape index (κ2) is 9.91. The maximum Gasteiger partial charge on any atom is 0.297 e. The highest BCUT2D eigenvalue weighted by Crippen LogP contribution is 2.10. The molecule has 0 atom stereocenters. The van der Waals surface area contributed by atoms with Gasteiger partial charge >= 0.3 is 0 Å². The van der Waals surface area contributed by atoms with E-state index < -0.39 is 25.9 Å². The molecular formula is C13H32O2Si3. The van der Waals surface area contributed by atoms with Crippen LogP contribution in [-0.2, 0) is 8.23 Å². The van der Waals surface area contributed by atoms with E-state index in [2.05, 4.69) is 59.0 Å². The van der Waals surface area contributed by atoms with E-state index in [1.807, 2.05) is 12.2 Å². The molecule has 5 heteroatoms. The van der Waals surface area contributed by atoms with E-state index in [0.717, 1.165) is 12.8 Å². The average molecular weight is 305 g/mol. The highest BCUT2D eigenvalue weighted by atomic mass is 28.4. The first-order chi connectivity index (χ1) is 8.02. The van der Waals surface area contributed by atoms with Gasteiger partial charge in [-0.15, -0.1) is 13.2 Å². The van der Waals surface area contributed by atoms with E-state index in [1.165, 1.54) is 0 Å². The molecule has 0 saturated heterocycles. The zero-order chi connectivity index (χ0) is 14.8. The molecule has 0 radical (unpaired) electrons. The standard InChI is InChI=1S/C7H22O2Si3.C6H10/c1-10(8-11(2,3)4)9-12(5,6)7;1-3-5-6-4-2/h10H,1-7H3;3-4H,1-2,5-6H2. The molecule has 0 aliphatic rings. The Labute approximate surface area is 118 Å². The van der Waals surface area contributed by atoms with Crippen molar-refractivity contribution in [1.82, 2.24) is 0 Å². The summed E-state index contributed by atoms with van der Waals surface area (Å²) in [4.78, 5) is 0. The monoisotopic (exact) mass is 304 g/mol. The van der Waals surface area contributed by atoms with Crippen molar-refractivity contribution in [1.29, 1.82) is 0 Å². The fraction of sp³-hybridized carbons (Fsp3) is 0.692. The lowest BCUT2D eigenvalue weighted by Gasteiger charge is -2.28. The minimum atomic E-state index is -1.36. The van der Waals surface area contributed by atoms with Gasteiger partial charge < -0.3 is 8.23 Å². The molecule has 0 aromatic heterocycles. The van der Waals surface area contributed by atoms with Crippen molar-refractivity contribution in [3.8, 4) is 0 Å². The summed E-state index contributed by atoms with van der Waals surface area (Å²) < 4.78 is 11.8. The quantitative estimate of drug-likeness (QED) is 0.386. The number of hydrogen-bond acceptors (Lipinski definition) is 2. The largest absolute Gasteiger partial charge is 0.439 e. The summed E-state index contributed by atoms with van der Waals surface area (Å²) in [6, 6.07) is 0. The Kier molecular flexibility index (Phi) is 11.2. The van der Waals surface area contributed by atoms with Crippen LogP contribution in [0.25, 0.3) is 0 Å². The predicted molar refractivity (Wildman–Crippen MR) is 91.5 cm³/mol. The van der Waals surface area contributed by atoms with Crippen LogP contribution in [-0.4, -0.2) is 25.9 Å². The van der Waals surface area contributed by atoms with Gasteiger partial charge in [0.2, 0.25) is 0 Å². The normalized spacial score (nSPS) is 11.8. The first kappa shape index (κ1) is 20.4. The molecule has 0 amide bonds. The second-order valence-electron chi connectivity index (χ2n) is 6.18. The summed E-state index contributed by atoms with van der Waals surface area (Å²) in [6.45, 7) is 22.5. The van der Waals surface area contributed by atoms with Crippen LogP contribution in [0.15, 0.2) is 25.3 Å². The molecule has 0 N–H and O–H groups in total. The third-order valence-corrected chi connectivity index (χ3v) is 9.93. The van der Waals surface area contributed by atoms with Crippen molar-refractivity contribution in [2.45, 2.75) is 58.7 Å². The number of unbranched alkanes of at least 4 members (excludes halogenated alkanes) is 1. The Bertz CT molecular complexity index is 205. The van der Waals surface area contributed by atoms with Gasteiger partial charge in [-0.1, -0.05) is 12.2 Å². The van der Waals surface area contributed by atoms with E-state index in [1.54, 1.807) is 0 Å². The van der Waals surface area contributed by atoms with E-state index in [9.17, 15) is 0 Å². The van der Waals surface area contributed by atoms with Gasteiger partial charge in [0.15, 0.2) is 16.6 Å². The summed E-state index contributed by atoms with van der Waals surface area (Å²) in [5.41, 5.74) is 0. The maximum absolute atomic E-state index is 5.90. The van der Waals surface area contributed by atoms with Crippen molar-refractivity contribution < 1.29 is 8.23 Å². The van der Waals surface area contributed by atoms with Crippen molar-refractivity contribution in [2.75, 3.05) is 0 Å². The number of rotatable bonds is 7. The van der Waals surface area contributed by atoms with E-state index in [4.69, 9.17) is 8.23 Å². The Morgan fingerprint density at radius 3 is 1.28 bits per heavy atom. The van der Waals surface area contributed by atoms with Gasteiger partial charge in [0.1, 0.15) is 0 Å². The van der Waals surface area contributed by atoms with E-state index in [-0.39, 0.29) is 0 Å². The second-order valence-corrected chi connectivity index (χ2v) is 17.7. The summed E-state index contributed by atoms with van der Waals surface area (Å²) in [6.07, 6.45) is 5.90. The van der Waals surface area contributed by atoms with Crippen LogP contribution in [0.5, 0.6) is 0 Å². The summed E-state index contributed by atoms with van der Waals surface area (Å²) in [5, 5.41) is 0. The van der Waals surface area contributed by atoms with Gasteiger partial charge in [-0.3, -0.25) is 0 Å². The lowest BCUT2D eigenvalue weighted by molar-refractivity contribution is 0.428. The molecular weight excluding hydrogens is 272 g/mol.